The molecule has 0 saturated carbocycles. The fourth-order valence-electron chi connectivity index (χ4n) is 1.74. The van der Waals surface area contributed by atoms with E-state index in [2.05, 4.69) is 46.7 Å². The van der Waals surface area contributed by atoms with Crippen LogP contribution in [-0.4, -0.2) is 27.2 Å². The van der Waals surface area contributed by atoms with Crippen molar-refractivity contribution < 1.29 is 0 Å². The van der Waals surface area contributed by atoms with Crippen molar-refractivity contribution in [2.75, 3.05) is 17.7 Å². The van der Waals surface area contributed by atoms with Gasteiger partial charge in [0.1, 0.15) is 5.82 Å². The number of H-pyrrole nitrogens is 1. The average molecular weight is 319 g/mol. The van der Waals surface area contributed by atoms with Gasteiger partial charge in [0.05, 0.1) is 11.6 Å². The first-order valence-electron chi connectivity index (χ1n) is 5.68. The summed E-state index contributed by atoms with van der Waals surface area (Å²) in [7, 11) is 1.78. The summed E-state index contributed by atoms with van der Waals surface area (Å²) in [5.74, 6) is 1.25. The lowest BCUT2D eigenvalue weighted by molar-refractivity contribution is 1.09. The molecule has 0 bridgehead atoms. The molecule has 0 saturated heterocycles. The number of rotatable bonds is 3. The van der Waals surface area contributed by atoms with Gasteiger partial charge in [0.15, 0.2) is 5.65 Å². The van der Waals surface area contributed by atoms with Crippen LogP contribution in [0.5, 0.6) is 0 Å². The Hall–Kier alpha value is -2.15. The van der Waals surface area contributed by atoms with Crippen molar-refractivity contribution in [2.45, 2.75) is 0 Å². The Morgan fingerprint density at radius 1 is 1.26 bits per heavy atom. The van der Waals surface area contributed by atoms with Gasteiger partial charge in [0.25, 0.3) is 0 Å². The molecule has 0 radical (unpaired) electrons. The van der Waals surface area contributed by atoms with Crippen LogP contribution in [0.2, 0.25) is 0 Å². The Morgan fingerprint density at radius 2 is 2.16 bits per heavy atom. The molecule has 3 N–H and O–H groups in total. The second kappa shape index (κ2) is 4.85. The summed E-state index contributed by atoms with van der Waals surface area (Å²) in [6.45, 7) is 0. The number of anilines is 3. The van der Waals surface area contributed by atoms with Crippen molar-refractivity contribution in [1.29, 1.82) is 0 Å². The van der Waals surface area contributed by atoms with Crippen LogP contribution in [0.3, 0.4) is 0 Å². The van der Waals surface area contributed by atoms with Crippen LogP contribution in [-0.2, 0) is 0 Å². The largest absolute Gasteiger partial charge is 0.357 e. The van der Waals surface area contributed by atoms with E-state index in [-0.39, 0.29) is 0 Å². The third-order valence-electron chi connectivity index (χ3n) is 2.62. The van der Waals surface area contributed by atoms with E-state index < -0.39 is 0 Å². The number of halogens is 1. The molecule has 0 fully saturated rings. The predicted molar refractivity (Wildman–Crippen MR) is 78.7 cm³/mol. The number of benzene rings is 1. The molecule has 0 aliphatic rings. The second-order valence-corrected chi connectivity index (χ2v) is 4.83. The highest BCUT2D eigenvalue weighted by Crippen LogP contribution is 2.25. The van der Waals surface area contributed by atoms with Crippen molar-refractivity contribution in [2.24, 2.45) is 0 Å². The SMILES string of the molecule is CNc1nc(Nc2cccc(Br)c2)c2cn[nH]c2n1. The van der Waals surface area contributed by atoms with Gasteiger partial charge in [-0.05, 0) is 18.2 Å². The van der Waals surface area contributed by atoms with Gasteiger partial charge in [-0.3, -0.25) is 5.10 Å². The molecule has 19 heavy (non-hydrogen) atoms. The fraction of sp³-hybridized carbons (Fsp3) is 0.0833. The molecule has 0 amide bonds. The second-order valence-electron chi connectivity index (χ2n) is 3.91. The van der Waals surface area contributed by atoms with Gasteiger partial charge in [0, 0.05) is 17.2 Å². The molecule has 0 aliphatic carbocycles. The normalized spacial score (nSPS) is 10.6. The highest BCUT2D eigenvalue weighted by Gasteiger charge is 2.09. The molecule has 3 aromatic rings. The highest BCUT2D eigenvalue weighted by molar-refractivity contribution is 9.10. The molecule has 7 heteroatoms. The van der Waals surface area contributed by atoms with Gasteiger partial charge in [0.2, 0.25) is 5.95 Å². The summed E-state index contributed by atoms with van der Waals surface area (Å²) in [5, 5.41) is 13.9. The minimum atomic E-state index is 0.536. The fourth-order valence-corrected chi connectivity index (χ4v) is 2.14. The van der Waals surface area contributed by atoms with Crippen molar-refractivity contribution in [3.63, 3.8) is 0 Å². The molecule has 2 aromatic heterocycles. The Balaban J connectivity index is 2.06. The highest BCUT2D eigenvalue weighted by atomic mass is 79.9. The standard InChI is InChI=1S/C12H11BrN6/c1-14-12-17-10(9-6-15-19-11(9)18-12)16-8-4-2-3-7(13)5-8/h2-6H,1H3,(H3,14,15,16,17,18,19). The van der Waals surface area contributed by atoms with Gasteiger partial charge in [-0.1, -0.05) is 22.0 Å². The number of fused-ring (bicyclic) bond motifs is 1. The Kier molecular flexibility index (Phi) is 3.04. The van der Waals surface area contributed by atoms with Gasteiger partial charge in [-0.15, -0.1) is 0 Å². The van der Waals surface area contributed by atoms with E-state index in [0.29, 0.717) is 17.4 Å². The lowest BCUT2D eigenvalue weighted by atomic mass is 10.3. The minimum Gasteiger partial charge on any atom is -0.357 e. The van der Waals surface area contributed by atoms with Crippen LogP contribution in [0.1, 0.15) is 0 Å². The summed E-state index contributed by atoms with van der Waals surface area (Å²) >= 11 is 3.44. The predicted octanol–water partition coefficient (Wildman–Crippen LogP) is 2.90. The number of nitrogens with one attached hydrogen (secondary N) is 3. The molecule has 1 aromatic carbocycles. The summed E-state index contributed by atoms with van der Waals surface area (Å²) < 4.78 is 1.00. The molecule has 0 aliphatic heterocycles. The first-order chi connectivity index (χ1) is 9.26. The van der Waals surface area contributed by atoms with Crippen LogP contribution in [0, 0.1) is 0 Å². The van der Waals surface area contributed by atoms with Crippen molar-refractivity contribution in [1.82, 2.24) is 20.2 Å². The Bertz CT molecular complexity index is 723. The van der Waals surface area contributed by atoms with E-state index in [9.17, 15) is 0 Å². The zero-order valence-electron chi connectivity index (χ0n) is 10.1. The Morgan fingerprint density at radius 3 is 2.95 bits per heavy atom. The molecule has 3 rings (SSSR count). The lowest BCUT2D eigenvalue weighted by Gasteiger charge is -2.08. The number of nitrogens with zero attached hydrogens (tertiary/aromatic N) is 3. The summed E-state index contributed by atoms with van der Waals surface area (Å²) in [6, 6.07) is 7.88. The average Bonchev–Trinajstić information content (AvgIpc) is 2.87. The van der Waals surface area contributed by atoms with Crippen LogP contribution in [0.4, 0.5) is 17.5 Å². The summed E-state index contributed by atoms with van der Waals surface area (Å²) in [5.41, 5.74) is 1.63. The first-order valence-corrected chi connectivity index (χ1v) is 6.47. The lowest BCUT2D eigenvalue weighted by Crippen LogP contribution is -2.01. The van der Waals surface area contributed by atoms with Gasteiger partial charge in [-0.25, -0.2) is 0 Å². The van der Waals surface area contributed by atoms with Gasteiger partial charge in [-0.2, -0.15) is 15.1 Å². The number of aromatic amines is 1. The van der Waals surface area contributed by atoms with Crippen LogP contribution < -0.4 is 10.6 Å². The van der Waals surface area contributed by atoms with E-state index in [0.717, 1.165) is 15.5 Å². The summed E-state index contributed by atoms with van der Waals surface area (Å²) in [4.78, 5) is 8.69. The molecule has 2 heterocycles. The summed E-state index contributed by atoms with van der Waals surface area (Å²) in [6.07, 6.45) is 1.70. The maximum atomic E-state index is 4.41. The van der Waals surface area contributed by atoms with Crippen molar-refractivity contribution in [3.8, 4) is 0 Å². The third-order valence-corrected chi connectivity index (χ3v) is 3.11. The minimum absolute atomic E-state index is 0.536. The van der Waals surface area contributed by atoms with E-state index in [1.54, 1.807) is 13.2 Å². The molecular formula is C12H11BrN6. The molecule has 6 nitrogen and oxygen atoms in total. The van der Waals surface area contributed by atoms with Crippen molar-refractivity contribution in [3.05, 3.63) is 34.9 Å². The monoisotopic (exact) mass is 318 g/mol. The Labute approximate surface area is 117 Å². The van der Waals surface area contributed by atoms with Crippen molar-refractivity contribution >= 4 is 44.4 Å². The van der Waals surface area contributed by atoms with Crippen LogP contribution in [0.25, 0.3) is 11.0 Å². The van der Waals surface area contributed by atoms with E-state index in [4.69, 9.17) is 0 Å². The van der Waals surface area contributed by atoms with E-state index in [1.165, 1.54) is 0 Å². The van der Waals surface area contributed by atoms with E-state index in [1.807, 2.05) is 24.3 Å². The smallest absolute Gasteiger partial charge is 0.226 e. The zero-order valence-corrected chi connectivity index (χ0v) is 11.7. The van der Waals surface area contributed by atoms with E-state index >= 15 is 0 Å². The zero-order chi connectivity index (χ0) is 13.2. The molecular weight excluding hydrogens is 308 g/mol. The maximum absolute atomic E-state index is 4.41. The van der Waals surface area contributed by atoms with Gasteiger partial charge < -0.3 is 10.6 Å². The van der Waals surface area contributed by atoms with Gasteiger partial charge >= 0.3 is 0 Å². The number of aromatic nitrogens is 4. The third kappa shape index (κ3) is 2.37. The number of hydrogen-bond donors (Lipinski definition) is 3. The molecule has 96 valence electrons. The molecule has 0 atom stereocenters. The molecule has 0 unspecified atom stereocenters. The maximum Gasteiger partial charge on any atom is 0.226 e. The topological polar surface area (TPSA) is 78.5 Å². The number of hydrogen-bond acceptors (Lipinski definition) is 5. The quantitative estimate of drug-likeness (QED) is 0.692. The van der Waals surface area contributed by atoms with Crippen LogP contribution in [0.15, 0.2) is 34.9 Å². The first kappa shape index (κ1) is 11.9. The molecule has 0 spiro atoms. The van der Waals surface area contributed by atoms with Crippen LogP contribution >= 0.6 is 15.9 Å².